The lowest BCUT2D eigenvalue weighted by atomic mass is 10.4. The summed E-state index contributed by atoms with van der Waals surface area (Å²) in [5, 5.41) is 11.4. The van der Waals surface area contributed by atoms with Gasteiger partial charge in [0.05, 0.1) is 6.10 Å². The normalized spacial score (nSPS) is 13.1. The third kappa shape index (κ3) is 5.79. The molecule has 0 heterocycles. The van der Waals surface area contributed by atoms with E-state index in [1.54, 1.807) is 11.8 Å². The van der Waals surface area contributed by atoms with E-state index in [-0.39, 0.29) is 6.54 Å². The van der Waals surface area contributed by atoms with Gasteiger partial charge in [0.1, 0.15) is 6.54 Å². The fourth-order valence-corrected chi connectivity index (χ4v) is 1.01. The summed E-state index contributed by atoms with van der Waals surface area (Å²) in [4.78, 5) is 9.56. The van der Waals surface area contributed by atoms with Gasteiger partial charge in [-0.05, 0) is 5.75 Å². The summed E-state index contributed by atoms with van der Waals surface area (Å²) >= 11 is 1.61. The zero-order valence-electron chi connectivity index (χ0n) is 5.41. The van der Waals surface area contributed by atoms with Crippen LogP contribution >= 0.6 is 11.8 Å². The minimum atomic E-state index is -0.549. The molecular formula is C5H11NO2S. The van der Waals surface area contributed by atoms with Crippen molar-refractivity contribution >= 4 is 11.8 Å². The van der Waals surface area contributed by atoms with Crippen molar-refractivity contribution in [1.82, 2.24) is 0 Å². The average Bonchev–Trinajstić information content (AvgIpc) is 1.85. The highest BCUT2D eigenvalue weighted by Gasteiger charge is 2.01. The quantitative estimate of drug-likeness (QED) is 0.590. The van der Waals surface area contributed by atoms with E-state index in [1.165, 1.54) is 0 Å². The molecule has 0 aliphatic rings. The van der Waals surface area contributed by atoms with Crippen LogP contribution in [0.2, 0.25) is 0 Å². The SMILES string of the molecule is CCSCC(O)CN=O. The molecule has 0 aliphatic carbocycles. The Morgan fingerprint density at radius 2 is 2.44 bits per heavy atom. The first-order chi connectivity index (χ1) is 4.31. The van der Waals surface area contributed by atoms with Crippen LogP contribution in [0.15, 0.2) is 5.18 Å². The summed E-state index contributed by atoms with van der Waals surface area (Å²) < 4.78 is 0. The number of hydrogen-bond donors (Lipinski definition) is 1. The third-order valence-corrected chi connectivity index (χ3v) is 1.83. The second kappa shape index (κ2) is 6.04. The number of rotatable bonds is 5. The lowest BCUT2D eigenvalue weighted by Gasteiger charge is -2.02. The molecule has 0 saturated carbocycles. The summed E-state index contributed by atoms with van der Waals surface area (Å²) in [6, 6.07) is 0. The van der Waals surface area contributed by atoms with Gasteiger partial charge in [-0.15, -0.1) is 0 Å². The van der Waals surface area contributed by atoms with Crippen LogP contribution in [0, 0.1) is 4.91 Å². The van der Waals surface area contributed by atoms with Crippen molar-refractivity contribution in [3.05, 3.63) is 4.91 Å². The Hall–Kier alpha value is -0.0900. The molecular weight excluding hydrogens is 138 g/mol. The van der Waals surface area contributed by atoms with Crippen molar-refractivity contribution in [2.45, 2.75) is 13.0 Å². The van der Waals surface area contributed by atoms with Gasteiger partial charge in [0.2, 0.25) is 0 Å². The van der Waals surface area contributed by atoms with E-state index in [1.807, 2.05) is 6.92 Å². The Balaban J connectivity index is 3.04. The summed E-state index contributed by atoms with van der Waals surface area (Å²) in [5.41, 5.74) is 0. The molecule has 0 aromatic rings. The van der Waals surface area contributed by atoms with Crippen LogP contribution in [0.3, 0.4) is 0 Å². The predicted molar refractivity (Wildman–Crippen MR) is 39.7 cm³/mol. The zero-order valence-corrected chi connectivity index (χ0v) is 6.23. The van der Waals surface area contributed by atoms with Crippen molar-refractivity contribution < 1.29 is 5.11 Å². The Morgan fingerprint density at radius 1 is 1.78 bits per heavy atom. The number of nitrogens with zero attached hydrogens (tertiary/aromatic N) is 1. The minimum absolute atomic E-state index is 0.0208. The number of aliphatic hydroxyl groups is 1. The molecule has 0 aromatic heterocycles. The molecule has 0 radical (unpaired) electrons. The van der Waals surface area contributed by atoms with Gasteiger partial charge < -0.3 is 5.11 Å². The van der Waals surface area contributed by atoms with Crippen LogP contribution in [0.1, 0.15) is 6.92 Å². The molecule has 9 heavy (non-hydrogen) atoms. The molecule has 0 fully saturated rings. The van der Waals surface area contributed by atoms with Gasteiger partial charge in [0.15, 0.2) is 0 Å². The van der Waals surface area contributed by atoms with Gasteiger partial charge >= 0.3 is 0 Å². The Bertz CT molecular complexity index is 79.4. The summed E-state index contributed by atoms with van der Waals surface area (Å²) in [6.07, 6.45) is -0.549. The molecule has 0 spiro atoms. The van der Waals surface area contributed by atoms with Crippen LogP contribution in [-0.2, 0) is 0 Å². The van der Waals surface area contributed by atoms with E-state index in [2.05, 4.69) is 5.18 Å². The fraction of sp³-hybridized carbons (Fsp3) is 1.00. The summed E-state index contributed by atoms with van der Waals surface area (Å²) in [6.45, 7) is 2.03. The van der Waals surface area contributed by atoms with Gasteiger partial charge in [-0.3, -0.25) is 0 Å². The second-order valence-electron chi connectivity index (χ2n) is 1.62. The van der Waals surface area contributed by atoms with Crippen molar-refractivity contribution in [2.75, 3.05) is 18.1 Å². The molecule has 1 atom stereocenters. The summed E-state index contributed by atoms with van der Waals surface area (Å²) in [5.74, 6) is 1.58. The molecule has 1 unspecified atom stereocenters. The maximum atomic E-state index is 9.56. The van der Waals surface area contributed by atoms with Crippen molar-refractivity contribution in [1.29, 1.82) is 0 Å². The molecule has 0 amide bonds. The van der Waals surface area contributed by atoms with Gasteiger partial charge in [-0.2, -0.15) is 16.7 Å². The highest BCUT2D eigenvalue weighted by atomic mass is 32.2. The number of nitroso groups, excluding NO2 is 1. The number of aliphatic hydroxyl groups excluding tert-OH is 1. The number of thioether (sulfide) groups is 1. The lowest BCUT2D eigenvalue weighted by Crippen LogP contribution is -2.13. The molecule has 0 aliphatic heterocycles. The minimum Gasteiger partial charge on any atom is -0.390 e. The Labute approximate surface area is 58.8 Å². The van der Waals surface area contributed by atoms with E-state index in [0.29, 0.717) is 5.75 Å². The molecule has 4 heteroatoms. The lowest BCUT2D eigenvalue weighted by molar-refractivity contribution is 0.208. The van der Waals surface area contributed by atoms with Gasteiger partial charge in [0, 0.05) is 5.75 Å². The van der Waals surface area contributed by atoms with Crippen LogP contribution in [0.5, 0.6) is 0 Å². The molecule has 0 saturated heterocycles. The average molecular weight is 149 g/mol. The highest BCUT2D eigenvalue weighted by Crippen LogP contribution is 2.01. The standard InChI is InChI=1S/C5H11NO2S/c1-2-9-4-5(7)3-6-8/h5,7H,2-4H2,1H3. The highest BCUT2D eigenvalue weighted by molar-refractivity contribution is 7.99. The van der Waals surface area contributed by atoms with Crippen molar-refractivity contribution in [2.24, 2.45) is 5.18 Å². The first-order valence-corrected chi connectivity index (χ1v) is 4.01. The topological polar surface area (TPSA) is 49.7 Å². The van der Waals surface area contributed by atoms with E-state index >= 15 is 0 Å². The predicted octanol–water partition coefficient (Wildman–Crippen LogP) is 0.867. The van der Waals surface area contributed by atoms with E-state index in [9.17, 15) is 4.91 Å². The maximum absolute atomic E-state index is 9.56. The third-order valence-electron chi connectivity index (χ3n) is 0.800. The first kappa shape index (κ1) is 8.91. The molecule has 0 bridgehead atoms. The van der Waals surface area contributed by atoms with Crippen molar-refractivity contribution in [3.8, 4) is 0 Å². The Kier molecular flexibility index (Phi) is 5.98. The van der Waals surface area contributed by atoms with Gasteiger partial charge in [0.25, 0.3) is 0 Å². The number of hydrogen-bond acceptors (Lipinski definition) is 4. The smallest absolute Gasteiger partial charge is 0.108 e. The van der Waals surface area contributed by atoms with Crippen LogP contribution in [-0.4, -0.2) is 29.3 Å². The fourth-order valence-electron chi connectivity index (χ4n) is 0.393. The Morgan fingerprint density at radius 3 is 2.89 bits per heavy atom. The van der Waals surface area contributed by atoms with E-state index in [4.69, 9.17) is 5.11 Å². The van der Waals surface area contributed by atoms with Crippen molar-refractivity contribution in [3.63, 3.8) is 0 Å². The zero-order chi connectivity index (χ0) is 7.11. The molecule has 3 nitrogen and oxygen atoms in total. The molecule has 54 valence electrons. The van der Waals surface area contributed by atoms with Gasteiger partial charge in [-0.25, -0.2) is 0 Å². The largest absolute Gasteiger partial charge is 0.390 e. The maximum Gasteiger partial charge on any atom is 0.108 e. The van der Waals surface area contributed by atoms with Gasteiger partial charge in [-0.1, -0.05) is 12.1 Å². The molecule has 1 N–H and O–H groups in total. The van der Waals surface area contributed by atoms with E-state index < -0.39 is 6.10 Å². The van der Waals surface area contributed by atoms with Crippen LogP contribution in [0.4, 0.5) is 0 Å². The summed E-state index contributed by atoms with van der Waals surface area (Å²) in [7, 11) is 0. The molecule has 0 rings (SSSR count). The molecule has 0 aromatic carbocycles. The van der Waals surface area contributed by atoms with E-state index in [0.717, 1.165) is 5.75 Å². The van der Waals surface area contributed by atoms with Crippen LogP contribution < -0.4 is 0 Å². The van der Waals surface area contributed by atoms with Crippen LogP contribution in [0.25, 0.3) is 0 Å². The monoisotopic (exact) mass is 149 g/mol. The second-order valence-corrected chi connectivity index (χ2v) is 2.94. The first-order valence-electron chi connectivity index (χ1n) is 2.86.